The number of rotatable bonds is 4. The van der Waals surface area contributed by atoms with Crippen LogP contribution in [0.25, 0.3) is 5.57 Å². The van der Waals surface area contributed by atoms with Gasteiger partial charge in [0.25, 0.3) is 0 Å². The van der Waals surface area contributed by atoms with Crippen molar-refractivity contribution in [1.29, 1.82) is 0 Å². The van der Waals surface area contributed by atoms with Gasteiger partial charge < -0.3 is 5.11 Å². The van der Waals surface area contributed by atoms with Crippen LogP contribution in [-0.4, -0.2) is 27.0 Å². The van der Waals surface area contributed by atoms with E-state index < -0.39 is 17.7 Å². The normalized spacial score (nSPS) is 12.4. The van der Waals surface area contributed by atoms with Gasteiger partial charge in [0.15, 0.2) is 0 Å². The molecule has 0 unspecified atom stereocenters. The van der Waals surface area contributed by atoms with Crippen molar-refractivity contribution in [3.8, 4) is 0 Å². The molecule has 110 valence electrons. The molecule has 1 aromatic carbocycles. The van der Waals surface area contributed by atoms with Crippen molar-refractivity contribution in [2.45, 2.75) is 12.7 Å². The molecule has 0 saturated carbocycles. The van der Waals surface area contributed by atoms with E-state index in [1.807, 2.05) is 30.3 Å². The summed E-state index contributed by atoms with van der Waals surface area (Å²) in [4.78, 5) is 10.5. The highest BCUT2D eigenvalue weighted by molar-refractivity contribution is 5.91. The molecule has 21 heavy (non-hydrogen) atoms. The van der Waals surface area contributed by atoms with Crippen molar-refractivity contribution < 1.29 is 23.1 Å². The second kappa shape index (κ2) is 5.82. The average molecular weight is 296 g/mol. The fourth-order valence-corrected chi connectivity index (χ4v) is 1.81. The van der Waals surface area contributed by atoms with E-state index in [1.54, 1.807) is 0 Å². The molecule has 0 spiro atoms. The third-order valence-electron chi connectivity index (χ3n) is 2.70. The fourth-order valence-electron chi connectivity index (χ4n) is 1.81. The van der Waals surface area contributed by atoms with E-state index in [0.29, 0.717) is 6.54 Å². The summed E-state index contributed by atoms with van der Waals surface area (Å²) >= 11 is 0. The van der Waals surface area contributed by atoms with Crippen LogP contribution in [0.2, 0.25) is 0 Å². The molecule has 0 aliphatic rings. The van der Waals surface area contributed by atoms with E-state index in [4.69, 9.17) is 5.11 Å². The van der Waals surface area contributed by atoms with Crippen LogP contribution >= 0.6 is 0 Å². The monoisotopic (exact) mass is 296 g/mol. The zero-order valence-corrected chi connectivity index (χ0v) is 10.7. The minimum atomic E-state index is -4.75. The van der Waals surface area contributed by atoms with Gasteiger partial charge in [0.2, 0.25) is 0 Å². The summed E-state index contributed by atoms with van der Waals surface area (Å²) in [5.74, 6) is -1.65. The Balaban J connectivity index is 2.27. The van der Waals surface area contributed by atoms with Crippen LogP contribution < -0.4 is 0 Å². The number of benzene rings is 1. The number of nitrogens with zero attached hydrogens (tertiary/aromatic N) is 2. The molecule has 1 heterocycles. The molecule has 0 amide bonds. The van der Waals surface area contributed by atoms with E-state index in [-0.39, 0.29) is 11.6 Å². The maximum Gasteiger partial charge on any atom is 0.417 e. The quantitative estimate of drug-likeness (QED) is 0.883. The van der Waals surface area contributed by atoms with E-state index in [2.05, 4.69) is 5.10 Å². The Bertz CT molecular complexity index is 660. The number of aromatic nitrogens is 2. The molecule has 0 atom stereocenters. The van der Waals surface area contributed by atoms with Crippen molar-refractivity contribution in [2.75, 3.05) is 0 Å². The van der Waals surface area contributed by atoms with Gasteiger partial charge in [-0.25, -0.2) is 4.79 Å². The summed E-state index contributed by atoms with van der Waals surface area (Å²) in [7, 11) is 0. The Morgan fingerprint density at radius 1 is 1.29 bits per heavy atom. The van der Waals surface area contributed by atoms with E-state index in [1.165, 1.54) is 10.9 Å². The van der Waals surface area contributed by atoms with Gasteiger partial charge in [0, 0.05) is 17.8 Å². The number of allylic oxidation sites excluding steroid dienone is 1. The number of carboxylic acids is 1. The number of halogens is 3. The fraction of sp³-hybridized carbons (Fsp3) is 0.143. The van der Waals surface area contributed by atoms with Crippen LogP contribution in [0.15, 0.2) is 48.8 Å². The standard InChI is InChI=1S/C14H11F3N2O2/c15-14(16,17)12(6-13(20)21)11-7-18-19(9-11)8-10-4-2-1-3-5-10/h1-7,9H,8H2,(H,20,21)/b12-6+. The largest absolute Gasteiger partial charge is 0.478 e. The first kappa shape index (κ1) is 14.8. The molecule has 0 saturated heterocycles. The van der Waals surface area contributed by atoms with Crippen molar-refractivity contribution >= 4 is 11.5 Å². The van der Waals surface area contributed by atoms with Gasteiger partial charge in [-0.15, -0.1) is 0 Å². The lowest BCUT2D eigenvalue weighted by molar-refractivity contribution is -0.131. The molecular formula is C14H11F3N2O2. The molecule has 1 aromatic heterocycles. The lowest BCUT2D eigenvalue weighted by atomic mass is 10.1. The summed E-state index contributed by atoms with van der Waals surface area (Å²) in [6.45, 7) is 0.305. The van der Waals surface area contributed by atoms with E-state index in [9.17, 15) is 18.0 Å². The molecule has 2 rings (SSSR count). The first-order valence-electron chi connectivity index (χ1n) is 5.95. The van der Waals surface area contributed by atoms with Crippen molar-refractivity contribution in [3.63, 3.8) is 0 Å². The molecule has 0 fully saturated rings. The van der Waals surface area contributed by atoms with E-state index >= 15 is 0 Å². The van der Waals surface area contributed by atoms with Crippen LogP contribution in [-0.2, 0) is 11.3 Å². The molecule has 0 aliphatic heterocycles. The van der Waals surface area contributed by atoms with Crippen molar-refractivity contribution in [1.82, 2.24) is 9.78 Å². The molecule has 0 bridgehead atoms. The van der Waals surface area contributed by atoms with Crippen LogP contribution in [0.5, 0.6) is 0 Å². The Hall–Kier alpha value is -2.57. The first-order chi connectivity index (χ1) is 9.86. The van der Waals surface area contributed by atoms with Crippen LogP contribution in [0.3, 0.4) is 0 Å². The van der Waals surface area contributed by atoms with Gasteiger partial charge in [-0.3, -0.25) is 4.68 Å². The molecular weight excluding hydrogens is 285 g/mol. The summed E-state index contributed by atoms with van der Waals surface area (Å²) in [6.07, 6.45) is -2.43. The topological polar surface area (TPSA) is 55.1 Å². The zero-order valence-electron chi connectivity index (χ0n) is 10.7. The number of hydrogen-bond acceptors (Lipinski definition) is 2. The van der Waals surface area contributed by atoms with Gasteiger partial charge in [0.05, 0.1) is 18.3 Å². The number of carbonyl (C=O) groups is 1. The summed E-state index contributed by atoms with van der Waals surface area (Å²) in [5.41, 5.74) is -0.627. The molecule has 4 nitrogen and oxygen atoms in total. The van der Waals surface area contributed by atoms with Crippen LogP contribution in [0.4, 0.5) is 13.2 Å². The Kier molecular flexibility index (Phi) is 4.11. The maximum absolute atomic E-state index is 12.8. The highest BCUT2D eigenvalue weighted by atomic mass is 19.4. The number of carboxylic acid groups (broad SMARTS) is 1. The maximum atomic E-state index is 12.8. The molecule has 2 aromatic rings. The number of hydrogen-bond donors (Lipinski definition) is 1. The van der Waals surface area contributed by atoms with Crippen LogP contribution in [0, 0.1) is 0 Å². The zero-order chi connectivity index (χ0) is 15.5. The predicted octanol–water partition coefficient (Wildman–Crippen LogP) is 2.96. The van der Waals surface area contributed by atoms with Crippen molar-refractivity contribution in [2.24, 2.45) is 0 Å². The molecule has 0 aliphatic carbocycles. The third-order valence-corrected chi connectivity index (χ3v) is 2.70. The summed E-state index contributed by atoms with van der Waals surface area (Å²) in [6, 6.07) is 9.09. The SMILES string of the molecule is O=C(O)/C=C(\c1cnn(Cc2ccccc2)c1)C(F)(F)F. The van der Waals surface area contributed by atoms with Gasteiger partial charge in [-0.05, 0) is 5.56 Å². The Labute approximate surface area is 118 Å². The molecule has 7 heteroatoms. The number of aliphatic carboxylic acids is 1. The predicted molar refractivity (Wildman–Crippen MR) is 69.4 cm³/mol. The van der Waals surface area contributed by atoms with Gasteiger partial charge >= 0.3 is 12.1 Å². The molecule has 1 N–H and O–H groups in total. The summed E-state index contributed by atoms with van der Waals surface area (Å²) < 4.78 is 39.8. The Morgan fingerprint density at radius 3 is 2.52 bits per heavy atom. The van der Waals surface area contributed by atoms with Crippen molar-refractivity contribution in [3.05, 3.63) is 59.9 Å². The number of alkyl halides is 3. The lowest BCUT2D eigenvalue weighted by Crippen LogP contribution is -2.12. The minimum absolute atomic E-state index is 0.143. The lowest BCUT2D eigenvalue weighted by Gasteiger charge is -2.08. The van der Waals surface area contributed by atoms with Gasteiger partial charge in [-0.1, -0.05) is 30.3 Å². The highest BCUT2D eigenvalue weighted by Gasteiger charge is 2.36. The van der Waals surface area contributed by atoms with Crippen LogP contribution in [0.1, 0.15) is 11.1 Å². The summed E-state index contributed by atoms with van der Waals surface area (Å²) in [5, 5.41) is 12.4. The van der Waals surface area contributed by atoms with E-state index in [0.717, 1.165) is 11.8 Å². The average Bonchev–Trinajstić information content (AvgIpc) is 2.84. The van der Waals surface area contributed by atoms with Gasteiger partial charge in [-0.2, -0.15) is 18.3 Å². The Morgan fingerprint density at radius 2 is 1.95 bits per heavy atom. The van der Waals surface area contributed by atoms with Gasteiger partial charge in [0.1, 0.15) is 0 Å². The first-order valence-corrected chi connectivity index (χ1v) is 5.95. The molecule has 0 radical (unpaired) electrons. The third kappa shape index (κ3) is 3.95. The second-order valence-electron chi connectivity index (χ2n) is 4.31. The minimum Gasteiger partial charge on any atom is -0.478 e. The highest BCUT2D eigenvalue weighted by Crippen LogP contribution is 2.33. The smallest absolute Gasteiger partial charge is 0.417 e. The second-order valence-corrected chi connectivity index (χ2v) is 4.31.